The quantitative estimate of drug-likeness (QED) is 0.195. The Morgan fingerprint density at radius 3 is 2.07 bits per heavy atom. The van der Waals surface area contributed by atoms with Crippen LogP contribution in [0.25, 0.3) is 88.1 Å². The van der Waals surface area contributed by atoms with Crippen LogP contribution < -0.4 is 0 Å². The van der Waals surface area contributed by atoms with Crippen LogP contribution in [0.1, 0.15) is 18.2 Å². The van der Waals surface area contributed by atoms with Crippen molar-refractivity contribution in [2.24, 2.45) is 0 Å². The van der Waals surface area contributed by atoms with Gasteiger partial charge in [0.1, 0.15) is 0 Å². The molecule has 0 aliphatic carbocycles. The van der Waals surface area contributed by atoms with Crippen LogP contribution in [0, 0.1) is 0 Å². The molecule has 0 aliphatic rings. The van der Waals surface area contributed by atoms with E-state index in [2.05, 4.69) is 144 Å². The summed E-state index contributed by atoms with van der Waals surface area (Å²) in [7, 11) is 0. The fourth-order valence-electron chi connectivity index (χ4n) is 6.91. The normalized spacial score (nSPS) is 12.0. The van der Waals surface area contributed by atoms with E-state index in [-0.39, 0.29) is 0 Å². The molecule has 5 aromatic carbocycles. The summed E-state index contributed by atoms with van der Waals surface area (Å²) in [4.78, 5) is 10.5. The molecule has 0 spiro atoms. The van der Waals surface area contributed by atoms with Gasteiger partial charge in [0, 0.05) is 38.4 Å². The van der Waals surface area contributed by atoms with Crippen molar-refractivity contribution in [3.63, 3.8) is 0 Å². The second-order valence-electron chi connectivity index (χ2n) is 11.4. The molecule has 9 rings (SSSR count). The van der Waals surface area contributed by atoms with E-state index in [9.17, 15) is 0 Å². The van der Waals surface area contributed by atoms with Gasteiger partial charge in [-0.15, -0.1) is 11.3 Å². The molecule has 0 N–H and O–H groups in total. The minimum atomic E-state index is 0.634. The van der Waals surface area contributed by atoms with Gasteiger partial charge in [-0.25, -0.2) is 9.97 Å². The van der Waals surface area contributed by atoms with Gasteiger partial charge in [-0.05, 0) is 37.3 Å². The topological polar surface area (TPSA) is 35.6 Å². The molecule has 0 radical (unpaired) electrons. The molecule has 0 fully saturated rings. The van der Waals surface area contributed by atoms with Gasteiger partial charge in [-0.3, -0.25) is 4.57 Å². The van der Waals surface area contributed by atoms with Crippen LogP contribution in [0.2, 0.25) is 0 Å². The van der Waals surface area contributed by atoms with E-state index in [0.717, 1.165) is 50.0 Å². The Morgan fingerprint density at radius 2 is 1.28 bits per heavy atom. The lowest BCUT2D eigenvalue weighted by atomic mass is 10.1. The SMILES string of the molecule is C=Cc1c(/C=C\C)c2ccc3c(sc4c5ccccc5n(-c5ccccc5)c34)c2n1-c1nc(-c2ccccc2)c2ccccc2n1. The molecule has 4 aromatic heterocycles. The predicted octanol–water partition coefficient (Wildman–Crippen LogP) is 11.2. The number of hydrogen-bond donors (Lipinski definition) is 0. The average Bonchev–Trinajstić information content (AvgIpc) is 3.75. The van der Waals surface area contributed by atoms with Crippen molar-refractivity contribution in [3.8, 4) is 22.9 Å². The Bertz CT molecular complexity index is 2660. The van der Waals surface area contributed by atoms with Gasteiger partial charge in [0.05, 0.1) is 42.9 Å². The first-order valence-corrected chi connectivity index (χ1v) is 16.2. The van der Waals surface area contributed by atoms with Gasteiger partial charge in [0.15, 0.2) is 0 Å². The molecule has 5 heteroatoms. The maximum Gasteiger partial charge on any atom is 0.235 e. The third-order valence-corrected chi connectivity index (χ3v) is 10.1. The molecular formula is C41H28N4S. The van der Waals surface area contributed by atoms with Gasteiger partial charge in [0.25, 0.3) is 0 Å². The summed E-state index contributed by atoms with van der Waals surface area (Å²) in [6, 6.07) is 42.6. The summed E-state index contributed by atoms with van der Waals surface area (Å²) < 4.78 is 7.11. The molecule has 0 amide bonds. The molecule has 4 nitrogen and oxygen atoms in total. The third-order valence-electron chi connectivity index (χ3n) is 8.83. The first-order valence-electron chi connectivity index (χ1n) is 15.4. The zero-order valence-corrected chi connectivity index (χ0v) is 26.0. The average molecular weight is 609 g/mol. The van der Waals surface area contributed by atoms with Crippen molar-refractivity contribution in [1.82, 2.24) is 19.1 Å². The highest BCUT2D eigenvalue weighted by Gasteiger charge is 2.25. The zero-order valence-electron chi connectivity index (χ0n) is 25.2. The van der Waals surface area contributed by atoms with Crippen molar-refractivity contribution < 1.29 is 0 Å². The number of rotatable bonds is 5. The lowest BCUT2D eigenvalue weighted by Crippen LogP contribution is -2.05. The zero-order chi connectivity index (χ0) is 30.8. The van der Waals surface area contributed by atoms with Crippen molar-refractivity contribution in [2.45, 2.75) is 6.92 Å². The van der Waals surface area contributed by atoms with Gasteiger partial charge >= 0.3 is 0 Å². The smallest absolute Gasteiger partial charge is 0.235 e. The highest BCUT2D eigenvalue weighted by Crippen LogP contribution is 2.47. The maximum absolute atomic E-state index is 5.32. The number of allylic oxidation sites excluding steroid dienone is 1. The molecule has 9 aromatic rings. The number of fused-ring (bicyclic) bond motifs is 8. The highest BCUT2D eigenvalue weighted by atomic mass is 32.1. The van der Waals surface area contributed by atoms with Crippen molar-refractivity contribution >= 4 is 76.5 Å². The van der Waals surface area contributed by atoms with Crippen molar-refractivity contribution in [3.05, 3.63) is 145 Å². The maximum atomic E-state index is 5.32. The minimum absolute atomic E-state index is 0.634. The second-order valence-corrected chi connectivity index (χ2v) is 12.4. The minimum Gasteiger partial charge on any atom is -0.308 e. The van der Waals surface area contributed by atoms with E-state index in [0.29, 0.717) is 5.95 Å². The first-order chi connectivity index (χ1) is 22.8. The Morgan fingerprint density at radius 1 is 0.630 bits per heavy atom. The van der Waals surface area contributed by atoms with E-state index < -0.39 is 0 Å². The second kappa shape index (κ2) is 10.4. The number of para-hydroxylation sites is 3. The monoisotopic (exact) mass is 608 g/mol. The molecule has 0 saturated heterocycles. The summed E-state index contributed by atoms with van der Waals surface area (Å²) in [5, 5.41) is 4.63. The highest BCUT2D eigenvalue weighted by molar-refractivity contribution is 7.27. The van der Waals surface area contributed by atoms with Gasteiger partial charge < -0.3 is 4.57 Å². The van der Waals surface area contributed by atoms with Gasteiger partial charge in [0.2, 0.25) is 5.95 Å². The molecule has 0 unspecified atom stereocenters. The lowest BCUT2D eigenvalue weighted by Gasteiger charge is -2.13. The van der Waals surface area contributed by atoms with Crippen LogP contribution >= 0.6 is 11.3 Å². The largest absolute Gasteiger partial charge is 0.308 e. The molecule has 0 saturated carbocycles. The first kappa shape index (κ1) is 26.6. The summed E-state index contributed by atoms with van der Waals surface area (Å²) >= 11 is 1.84. The number of benzene rings is 5. The van der Waals surface area contributed by atoms with Crippen LogP contribution in [-0.4, -0.2) is 19.1 Å². The number of thiophene rings is 1. The van der Waals surface area contributed by atoms with Gasteiger partial charge in [-0.1, -0.05) is 116 Å². The molecule has 46 heavy (non-hydrogen) atoms. The predicted molar refractivity (Wildman–Crippen MR) is 196 cm³/mol. The molecule has 4 heterocycles. The van der Waals surface area contributed by atoms with Crippen molar-refractivity contribution in [2.75, 3.05) is 0 Å². The third kappa shape index (κ3) is 3.79. The van der Waals surface area contributed by atoms with Crippen LogP contribution in [0.4, 0.5) is 0 Å². The fraction of sp³-hybridized carbons (Fsp3) is 0.0244. The molecule has 0 bridgehead atoms. The molecule has 218 valence electrons. The summed E-state index contributed by atoms with van der Waals surface area (Å²) in [5.41, 5.74) is 9.64. The molecular weight excluding hydrogens is 581 g/mol. The fourth-order valence-corrected chi connectivity index (χ4v) is 8.27. The Kier molecular flexibility index (Phi) is 6.02. The number of hydrogen-bond acceptors (Lipinski definition) is 3. The van der Waals surface area contributed by atoms with Crippen LogP contribution in [0.5, 0.6) is 0 Å². The summed E-state index contributed by atoms with van der Waals surface area (Å²) in [6.45, 7) is 6.35. The van der Waals surface area contributed by atoms with E-state index in [1.807, 2.05) is 29.5 Å². The standard InChI is InChI=1S/C41H28N4S/c1-3-15-28-29-24-25-32-38-39(31-21-12-14-23-35(31)44(38)27-18-9-6-10-19-27)46-40(32)37(29)45(34(28)4-2)41-42-33-22-13-11-20-30(33)36(43-41)26-16-7-5-8-17-26/h3-25H,2H2,1H3/b15-3-. The van der Waals surface area contributed by atoms with Crippen LogP contribution in [0.3, 0.4) is 0 Å². The Labute approximate surface area is 269 Å². The van der Waals surface area contributed by atoms with Gasteiger partial charge in [-0.2, -0.15) is 0 Å². The number of aromatic nitrogens is 4. The van der Waals surface area contributed by atoms with Crippen molar-refractivity contribution in [1.29, 1.82) is 0 Å². The number of nitrogens with zero attached hydrogens (tertiary/aromatic N) is 4. The summed E-state index contributed by atoms with van der Waals surface area (Å²) in [5.74, 6) is 0.634. The van der Waals surface area contributed by atoms with E-state index in [1.54, 1.807) is 0 Å². The van der Waals surface area contributed by atoms with E-state index in [4.69, 9.17) is 9.97 Å². The Balaban J connectivity index is 1.46. The van der Waals surface area contributed by atoms with Crippen LogP contribution in [-0.2, 0) is 0 Å². The van der Waals surface area contributed by atoms with Crippen LogP contribution in [0.15, 0.2) is 134 Å². The van der Waals surface area contributed by atoms with E-state index >= 15 is 0 Å². The van der Waals surface area contributed by atoms with E-state index in [1.165, 1.54) is 31.2 Å². The molecule has 0 aliphatic heterocycles. The Hall–Kier alpha value is -5.78. The lowest BCUT2D eigenvalue weighted by molar-refractivity contribution is 0.976. The molecule has 0 atom stereocenters. The summed E-state index contributed by atoms with van der Waals surface area (Å²) in [6.07, 6.45) is 6.21.